The third-order valence-electron chi connectivity index (χ3n) is 0.524. The first-order chi connectivity index (χ1) is 6.88. The van der Waals surface area contributed by atoms with Gasteiger partial charge in [-0.15, -0.1) is 0 Å². The van der Waals surface area contributed by atoms with Crippen molar-refractivity contribution in [3.8, 4) is 0 Å². The van der Waals surface area contributed by atoms with Crippen LogP contribution in [0.15, 0.2) is 0 Å². The summed E-state index contributed by atoms with van der Waals surface area (Å²) in [6.45, 7) is 4.58. The second-order valence-corrected chi connectivity index (χ2v) is 2.23. The minimum atomic E-state index is -0.833. The third kappa shape index (κ3) is 189. The lowest BCUT2D eigenvalue weighted by atomic mass is 10.7. The molecule has 0 saturated heterocycles. The van der Waals surface area contributed by atoms with E-state index in [9.17, 15) is 0 Å². The number of hydrogen-bond acceptors (Lipinski definition) is 5. The van der Waals surface area contributed by atoms with Gasteiger partial charge >= 0.3 is 0 Å². The van der Waals surface area contributed by atoms with Gasteiger partial charge in [0, 0.05) is 26.9 Å². The Hall–Kier alpha value is -1.18. The molecule has 0 aromatic carbocycles. The topological polar surface area (TPSA) is 136 Å². The van der Waals surface area contributed by atoms with Crippen LogP contribution in [0.4, 0.5) is 0 Å². The molecule has 0 aliphatic rings. The second kappa shape index (κ2) is 18.6. The number of carbonyl (C=O) groups is 2. The summed E-state index contributed by atoms with van der Waals surface area (Å²) in [5.41, 5.74) is 10.2. The maximum Gasteiger partial charge on any atom is 0.300 e. The average molecular weight is 224 g/mol. The Bertz CT molecular complexity index is 128. The van der Waals surface area contributed by atoms with E-state index >= 15 is 0 Å². The quantitative estimate of drug-likeness (QED) is 0.454. The Balaban J connectivity index is -0.000000155. The van der Waals surface area contributed by atoms with Gasteiger partial charge in [-0.25, -0.2) is 0 Å². The molecule has 0 fully saturated rings. The standard InChI is InChI=1S/C4H12N2O.2C2H4O2/c5-1-3-7-4-2-6;2*1-2(3)4/h1-6H2;2*1H3,(H,3,4). The van der Waals surface area contributed by atoms with Crippen molar-refractivity contribution in [1.29, 1.82) is 0 Å². The van der Waals surface area contributed by atoms with Gasteiger partial charge < -0.3 is 26.4 Å². The molecule has 15 heavy (non-hydrogen) atoms. The van der Waals surface area contributed by atoms with Crippen LogP contribution in [0.25, 0.3) is 0 Å². The molecule has 0 aromatic rings. The fourth-order valence-electron chi connectivity index (χ4n) is 0.269. The largest absolute Gasteiger partial charge is 0.481 e. The highest BCUT2D eigenvalue weighted by atomic mass is 16.5. The Morgan fingerprint density at radius 1 is 1.00 bits per heavy atom. The molecule has 0 radical (unpaired) electrons. The predicted molar refractivity (Wildman–Crippen MR) is 55.5 cm³/mol. The predicted octanol–water partition coefficient (Wildman–Crippen LogP) is -0.898. The van der Waals surface area contributed by atoms with Crippen molar-refractivity contribution in [2.75, 3.05) is 26.3 Å². The van der Waals surface area contributed by atoms with E-state index in [0.29, 0.717) is 26.3 Å². The Labute approximate surface area is 89.0 Å². The second-order valence-electron chi connectivity index (χ2n) is 2.23. The van der Waals surface area contributed by atoms with Crippen molar-refractivity contribution in [3.05, 3.63) is 0 Å². The molecule has 0 unspecified atom stereocenters. The van der Waals surface area contributed by atoms with Crippen LogP contribution < -0.4 is 11.5 Å². The fourth-order valence-corrected chi connectivity index (χ4v) is 0.269. The molecule has 0 rings (SSSR count). The molecule has 0 spiro atoms. The van der Waals surface area contributed by atoms with Gasteiger partial charge in [-0.2, -0.15) is 0 Å². The number of ether oxygens (including phenoxy) is 1. The summed E-state index contributed by atoms with van der Waals surface area (Å²) in [6.07, 6.45) is 0. The van der Waals surface area contributed by atoms with Crippen LogP contribution in [0.3, 0.4) is 0 Å². The lowest BCUT2D eigenvalue weighted by Crippen LogP contribution is -2.13. The lowest BCUT2D eigenvalue weighted by Gasteiger charge is -1.95. The first kappa shape index (κ1) is 19.4. The number of carboxylic acid groups (broad SMARTS) is 2. The molecule has 0 aliphatic carbocycles. The zero-order valence-electron chi connectivity index (χ0n) is 9.10. The van der Waals surface area contributed by atoms with Crippen molar-refractivity contribution >= 4 is 11.9 Å². The molecule has 7 nitrogen and oxygen atoms in total. The van der Waals surface area contributed by atoms with Crippen LogP contribution in [0.1, 0.15) is 13.8 Å². The molecule has 0 saturated carbocycles. The molecular formula is C8H20N2O5. The minimum absolute atomic E-state index is 0.583. The maximum atomic E-state index is 9.00. The number of rotatable bonds is 4. The summed E-state index contributed by atoms with van der Waals surface area (Å²) < 4.78 is 4.88. The van der Waals surface area contributed by atoms with Gasteiger partial charge in [0.05, 0.1) is 13.2 Å². The zero-order valence-corrected chi connectivity index (χ0v) is 9.10. The van der Waals surface area contributed by atoms with Gasteiger partial charge in [0.25, 0.3) is 11.9 Å². The summed E-state index contributed by atoms with van der Waals surface area (Å²) >= 11 is 0. The summed E-state index contributed by atoms with van der Waals surface area (Å²) in [4.78, 5) is 18.0. The van der Waals surface area contributed by atoms with Gasteiger partial charge in [-0.05, 0) is 0 Å². The molecule has 7 heteroatoms. The van der Waals surface area contributed by atoms with Crippen molar-refractivity contribution in [1.82, 2.24) is 0 Å². The highest BCUT2D eigenvalue weighted by Crippen LogP contribution is 1.65. The van der Waals surface area contributed by atoms with Gasteiger partial charge in [0.15, 0.2) is 0 Å². The third-order valence-corrected chi connectivity index (χ3v) is 0.524. The zero-order chi connectivity index (χ0) is 12.7. The average Bonchev–Trinajstić information content (AvgIpc) is 2.03. The van der Waals surface area contributed by atoms with E-state index in [1.54, 1.807) is 0 Å². The Morgan fingerprint density at radius 3 is 1.33 bits per heavy atom. The first-order valence-electron chi connectivity index (χ1n) is 4.25. The molecule has 0 atom stereocenters. The molecule has 0 bridgehead atoms. The van der Waals surface area contributed by atoms with Gasteiger partial charge in [0.1, 0.15) is 0 Å². The van der Waals surface area contributed by atoms with Gasteiger partial charge in [-0.3, -0.25) is 9.59 Å². The number of carboxylic acids is 2. The molecule has 6 N–H and O–H groups in total. The summed E-state index contributed by atoms with van der Waals surface area (Å²) in [7, 11) is 0. The van der Waals surface area contributed by atoms with E-state index in [0.717, 1.165) is 13.8 Å². The fraction of sp³-hybridized carbons (Fsp3) is 0.750. The van der Waals surface area contributed by atoms with Crippen molar-refractivity contribution in [2.45, 2.75) is 13.8 Å². The van der Waals surface area contributed by atoms with Crippen LogP contribution in [-0.4, -0.2) is 48.5 Å². The first-order valence-corrected chi connectivity index (χ1v) is 4.25. The Kier molecular flexibility index (Phi) is 24.0. The molecule has 0 amide bonds. The van der Waals surface area contributed by atoms with E-state index in [1.165, 1.54) is 0 Å². The number of aliphatic carboxylic acids is 2. The van der Waals surface area contributed by atoms with Crippen molar-refractivity contribution < 1.29 is 24.5 Å². The molecule has 0 aromatic heterocycles. The summed E-state index contributed by atoms with van der Waals surface area (Å²) in [5.74, 6) is -1.67. The van der Waals surface area contributed by atoms with E-state index < -0.39 is 11.9 Å². The van der Waals surface area contributed by atoms with Gasteiger partial charge in [-0.1, -0.05) is 0 Å². The summed E-state index contributed by atoms with van der Waals surface area (Å²) in [5, 5.41) is 14.8. The smallest absolute Gasteiger partial charge is 0.300 e. The monoisotopic (exact) mass is 224 g/mol. The number of nitrogens with two attached hydrogens (primary N) is 2. The van der Waals surface area contributed by atoms with Crippen LogP contribution in [-0.2, 0) is 14.3 Å². The normalized spacial score (nSPS) is 7.73. The highest BCUT2D eigenvalue weighted by Gasteiger charge is 1.77. The number of hydrogen-bond donors (Lipinski definition) is 4. The maximum absolute atomic E-state index is 9.00. The van der Waals surface area contributed by atoms with E-state index in [-0.39, 0.29) is 0 Å². The van der Waals surface area contributed by atoms with Gasteiger partial charge in [0.2, 0.25) is 0 Å². The molecule has 92 valence electrons. The van der Waals surface area contributed by atoms with Crippen LogP contribution in [0.5, 0.6) is 0 Å². The molecule has 0 heterocycles. The minimum Gasteiger partial charge on any atom is -0.481 e. The SMILES string of the molecule is CC(=O)O.CC(=O)O.NCCOCCN. The highest BCUT2D eigenvalue weighted by molar-refractivity contribution is 5.63. The molecule has 0 aliphatic heterocycles. The molecular weight excluding hydrogens is 204 g/mol. The van der Waals surface area contributed by atoms with Crippen molar-refractivity contribution in [2.24, 2.45) is 11.5 Å². The lowest BCUT2D eigenvalue weighted by molar-refractivity contribution is -0.135. The van der Waals surface area contributed by atoms with Crippen LogP contribution >= 0.6 is 0 Å². The van der Waals surface area contributed by atoms with E-state index in [4.69, 9.17) is 36.0 Å². The van der Waals surface area contributed by atoms with Crippen LogP contribution in [0.2, 0.25) is 0 Å². The summed E-state index contributed by atoms with van der Waals surface area (Å²) in [6, 6.07) is 0. The van der Waals surface area contributed by atoms with E-state index in [1.807, 2.05) is 0 Å². The Morgan fingerprint density at radius 2 is 1.20 bits per heavy atom. The van der Waals surface area contributed by atoms with E-state index in [2.05, 4.69) is 0 Å². The van der Waals surface area contributed by atoms with Crippen molar-refractivity contribution in [3.63, 3.8) is 0 Å². The van der Waals surface area contributed by atoms with Crippen LogP contribution in [0, 0.1) is 0 Å².